The van der Waals surface area contributed by atoms with Crippen LogP contribution in [0.15, 0.2) is 0 Å². The molecular weight excluding hydrogens is 544 g/mol. The summed E-state index contributed by atoms with van der Waals surface area (Å²) < 4.78 is 63.2. The van der Waals surface area contributed by atoms with Crippen LogP contribution in [0.4, 0.5) is 0 Å². The van der Waals surface area contributed by atoms with E-state index in [4.69, 9.17) is 40.2 Å². The van der Waals surface area contributed by atoms with E-state index >= 15 is 0 Å². The van der Waals surface area contributed by atoms with Gasteiger partial charge in [-0.25, -0.2) is 0 Å². The summed E-state index contributed by atoms with van der Waals surface area (Å²) in [7, 11) is -9.33. The lowest BCUT2D eigenvalue weighted by molar-refractivity contribution is -0.174. The molecule has 38 heavy (non-hydrogen) atoms. The molecule has 4 rings (SSSR count). The van der Waals surface area contributed by atoms with Gasteiger partial charge in [0.05, 0.1) is 12.2 Å². The molecule has 10 atom stereocenters. The Kier molecular flexibility index (Phi) is 10.8. The number of hydrogen-bond acceptors (Lipinski definition) is 7. The summed E-state index contributed by atoms with van der Waals surface area (Å²) in [6.45, 7) is 7.16. The van der Waals surface area contributed by atoms with E-state index in [0.717, 1.165) is 32.1 Å². The van der Waals surface area contributed by atoms with Crippen molar-refractivity contribution >= 4 is 26.8 Å². The summed E-state index contributed by atoms with van der Waals surface area (Å²) in [5, 5.41) is 30.5. The fourth-order valence-electron chi connectivity index (χ4n) is 8.73. The molecule has 0 unspecified atom stereocenters. The maximum Gasteiger partial charge on any atom is 0.394 e. The number of hydrogen-bond donors (Lipinski definition) is 7. The predicted molar refractivity (Wildman–Crippen MR) is 137 cm³/mol. The molecule has 0 bridgehead atoms. The molecular formula is C24H44O12S2. The van der Waals surface area contributed by atoms with Gasteiger partial charge in [0.15, 0.2) is 0 Å². The summed E-state index contributed by atoms with van der Waals surface area (Å²) in [5.41, 5.74) is 0.523. The first-order valence-electron chi connectivity index (χ1n) is 13.1. The van der Waals surface area contributed by atoms with Gasteiger partial charge in [-0.15, -0.1) is 0 Å². The van der Waals surface area contributed by atoms with Crippen LogP contribution in [0.2, 0.25) is 0 Å². The molecule has 0 aliphatic heterocycles. The van der Waals surface area contributed by atoms with Crippen LogP contribution < -0.4 is 0 Å². The molecule has 4 aliphatic carbocycles. The van der Waals surface area contributed by atoms with Gasteiger partial charge in [-0.05, 0) is 104 Å². The SMILES string of the molecule is C[C@H](CCC(=O)O)[C@H]1CC[C@H]2[C@@H]3[C@H](O)C[C@@H]4C[C@H](O)CC[C@]4(C)[C@H]3CC[C@]12C.O=S(=O)(O)O.O=S(=O)(O)O. The average Bonchev–Trinajstić information content (AvgIpc) is 3.08. The van der Waals surface area contributed by atoms with E-state index in [0.29, 0.717) is 35.5 Å². The lowest BCUT2D eigenvalue weighted by Gasteiger charge is -2.62. The zero-order chi connectivity index (χ0) is 29.3. The Bertz CT molecular complexity index is 985. The van der Waals surface area contributed by atoms with E-state index in [2.05, 4.69) is 20.8 Å². The Morgan fingerprint density at radius 2 is 1.34 bits per heavy atom. The van der Waals surface area contributed by atoms with Crippen LogP contribution in [0.1, 0.15) is 85.0 Å². The van der Waals surface area contributed by atoms with Crippen molar-refractivity contribution in [3.8, 4) is 0 Å². The van der Waals surface area contributed by atoms with Crippen LogP contribution in [0, 0.1) is 46.3 Å². The fraction of sp³-hybridized carbons (Fsp3) is 0.958. The Hall–Kier alpha value is -0.870. The third-order valence-electron chi connectivity index (χ3n) is 10.2. The van der Waals surface area contributed by atoms with Crippen LogP contribution >= 0.6 is 0 Å². The van der Waals surface area contributed by atoms with Gasteiger partial charge in [-0.3, -0.25) is 23.0 Å². The van der Waals surface area contributed by atoms with Crippen molar-refractivity contribution in [2.24, 2.45) is 46.3 Å². The highest BCUT2D eigenvalue weighted by Crippen LogP contribution is 2.68. The number of aliphatic hydroxyl groups excluding tert-OH is 2. The Morgan fingerprint density at radius 1 is 0.842 bits per heavy atom. The molecule has 0 saturated heterocycles. The standard InChI is InChI=1S/C24H40O4.2H2O4S/c1-14(4-7-21(27)28)17-5-6-18-22-19(9-11-24(17,18)3)23(2)10-8-16(25)12-15(23)13-20(22)26;2*1-5(2,3)4/h14-20,22,25-26H,4-13H2,1-3H3,(H,27,28);2*(H2,1,2,3,4)/t14-,15+,16-,17-,18+,19+,20-,22+,23+,24-;;/m1../s1. The second-order valence-electron chi connectivity index (χ2n) is 12.3. The number of carbonyl (C=O) groups is 1. The highest BCUT2D eigenvalue weighted by molar-refractivity contribution is 7.80. The minimum absolute atomic E-state index is 0.179. The van der Waals surface area contributed by atoms with Gasteiger partial charge in [0, 0.05) is 6.42 Å². The van der Waals surface area contributed by atoms with E-state index in [1.165, 1.54) is 25.7 Å². The van der Waals surface area contributed by atoms with Gasteiger partial charge in [-0.2, -0.15) is 16.8 Å². The highest BCUT2D eigenvalue weighted by atomic mass is 32.3. The van der Waals surface area contributed by atoms with E-state index in [1.807, 2.05) is 0 Å². The monoisotopic (exact) mass is 588 g/mol. The van der Waals surface area contributed by atoms with E-state index < -0.39 is 26.8 Å². The van der Waals surface area contributed by atoms with Gasteiger partial charge in [0.25, 0.3) is 0 Å². The lowest BCUT2D eigenvalue weighted by atomic mass is 9.43. The zero-order valence-electron chi connectivity index (χ0n) is 22.2. The molecule has 0 radical (unpaired) electrons. The highest BCUT2D eigenvalue weighted by Gasteiger charge is 2.62. The topological polar surface area (TPSA) is 227 Å². The molecule has 0 aromatic rings. The van der Waals surface area contributed by atoms with E-state index in [-0.39, 0.29) is 29.5 Å². The summed E-state index contributed by atoms with van der Waals surface area (Å²) in [6, 6.07) is 0. The molecule has 0 aromatic carbocycles. The van der Waals surface area contributed by atoms with Gasteiger partial charge >= 0.3 is 26.8 Å². The summed E-state index contributed by atoms with van der Waals surface area (Å²) >= 11 is 0. The van der Waals surface area contributed by atoms with Crippen molar-refractivity contribution in [3.63, 3.8) is 0 Å². The van der Waals surface area contributed by atoms with Crippen molar-refractivity contribution in [2.45, 2.75) is 97.2 Å². The molecule has 7 N–H and O–H groups in total. The number of aliphatic carboxylic acids is 1. The second kappa shape index (κ2) is 12.3. The first-order chi connectivity index (χ1) is 17.2. The van der Waals surface area contributed by atoms with Gasteiger partial charge in [0.1, 0.15) is 0 Å². The Labute approximate surface area is 225 Å². The molecule has 0 aromatic heterocycles. The average molecular weight is 589 g/mol. The molecule has 0 heterocycles. The minimum Gasteiger partial charge on any atom is -0.481 e. The first-order valence-corrected chi connectivity index (χ1v) is 15.9. The molecule has 0 spiro atoms. The summed E-state index contributed by atoms with van der Waals surface area (Å²) in [5.74, 6) is 2.36. The van der Waals surface area contributed by atoms with Gasteiger partial charge < -0.3 is 15.3 Å². The minimum atomic E-state index is -4.67. The van der Waals surface area contributed by atoms with Gasteiger partial charge in [-0.1, -0.05) is 20.8 Å². The number of carboxylic acids is 1. The van der Waals surface area contributed by atoms with Crippen LogP contribution in [-0.4, -0.2) is 68.5 Å². The number of rotatable bonds is 4. The molecule has 4 aliphatic rings. The zero-order valence-corrected chi connectivity index (χ0v) is 23.8. The summed E-state index contributed by atoms with van der Waals surface area (Å²) in [4.78, 5) is 11.1. The lowest BCUT2D eigenvalue weighted by Crippen LogP contribution is -2.58. The number of fused-ring (bicyclic) bond motifs is 5. The van der Waals surface area contributed by atoms with E-state index in [1.54, 1.807) is 0 Å². The second-order valence-corrected chi connectivity index (χ2v) is 14.0. The number of carboxylic acid groups (broad SMARTS) is 1. The normalized spacial score (nSPS) is 41.1. The largest absolute Gasteiger partial charge is 0.481 e. The van der Waals surface area contributed by atoms with Gasteiger partial charge in [0.2, 0.25) is 0 Å². The maximum atomic E-state index is 11.2. The first kappa shape index (κ1) is 33.3. The fourth-order valence-corrected chi connectivity index (χ4v) is 8.73. The Balaban J connectivity index is 0.000000435. The van der Waals surface area contributed by atoms with Crippen LogP contribution in [-0.2, 0) is 25.6 Å². The van der Waals surface area contributed by atoms with E-state index in [9.17, 15) is 15.0 Å². The van der Waals surface area contributed by atoms with Crippen molar-refractivity contribution in [1.82, 2.24) is 0 Å². The van der Waals surface area contributed by atoms with Crippen LogP contribution in [0.3, 0.4) is 0 Å². The predicted octanol–water partition coefficient (Wildman–Crippen LogP) is 3.17. The van der Waals surface area contributed by atoms with Crippen LogP contribution in [0.5, 0.6) is 0 Å². The smallest absolute Gasteiger partial charge is 0.394 e. The quantitative estimate of drug-likeness (QED) is 0.235. The molecule has 12 nitrogen and oxygen atoms in total. The van der Waals surface area contributed by atoms with Crippen molar-refractivity contribution < 1.29 is 55.2 Å². The molecule has 0 amide bonds. The molecule has 4 fully saturated rings. The third kappa shape index (κ3) is 8.56. The third-order valence-corrected chi connectivity index (χ3v) is 10.2. The van der Waals surface area contributed by atoms with Crippen molar-refractivity contribution in [3.05, 3.63) is 0 Å². The van der Waals surface area contributed by atoms with Crippen molar-refractivity contribution in [2.75, 3.05) is 0 Å². The van der Waals surface area contributed by atoms with Crippen molar-refractivity contribution in [1.29, 1.82) is 0 Å². The maximum absolute atomic E-state index is 11.2. The summed E-state index contributed by atoms with van der Waals surface area (Å²) in [6.07, 6.45) is 9.19. The van der Waals surface area contributed by atoms with Crippen LogP contribution in [0.25, 0.3) is 0 Å². The molecule has 14 heteroatoms. The Morgan fingerprint density at radius 3 is 1.87 bits per heavy atom. The number of aliphatic hydroxyl groups is 2. The molecule has 4 saturated carbocycles. The molecule has 224 valence electrons.